The van der Waals surface area contributed by atoms with Crippen molar-refractivity contribution in [3.63, 3.8) is 0 Å². The minimum Gasteiger partial charge on any atom is -0.383 e. The van der Waals surface area contributed by atoms with Crippen molar-refractivity contribution in [2.45, 2.75) is 19.5 Å². The number of amides is 1. The third-order valence-corrected chi connectivity index (χ3v) is 3.62. The number of carbonyl (C=O) groups is 1. The van der Waals surface area contributed by atoms with Crippen molar-refractivity contribution < 1.29 is 14.3 Å². The molecule has 23 heavy (non-hydrogen) atoms. The highest BCUT2D eigenvalue weighted by molar-refractivity contribution is 5.92. The highest BCUT2D eigenvalue weighted by Crippen LogP contribution is 2.00. The highest BCUT2D eigenvalue weighted by atomic mass is 16.5. The Kier molecular flexibility index (Phi) is 6.69. The second kappa shape index (κ2) is 8.76. The molecule has 8 heteroatoms. The standard InChI is InChI=1S/C15H24N4O4/c1-12(11-18-5-9-23-10-6-18)16-15(21)13-3-4-14(20)19(17-13)7-8-22-2/h3-4,12H,5-11H2,1-2H3,(H,16,21)/t12-/m1/s1. The summed E-state index contributed by atoms with van der Waals surface area (Å²) in [6.45, 7) is 6.61. The summed E-state index contributed by atoms with van der Waals surface area (Å²) in [5, 5.41) is 7.00. The van der Waals surface area contributed by atoms with Crippen molar-refractivity contribution in [3.8, 4) is 0 Å². The van der Waals surface area contributed by atoms with Gasteiger partial charge in [0.05, 0.1) is 26.4 Å². The molecule has 0 saturated carbocycles. The number of ether oxygens (including phenoxy) is 2. The normalized spacial score (nSPS) is 17.0. The monoisotopic (exact) mass is 324 g/mol. The van der Waals surface area contributed by atoms with Crippen molar-refractivity contribution in [3.05, 3.63) is 28.2 Å². The van der Waals surface area contributed by atoms with Gasteiger partial charge in [0.1, 0.15) is 5.69 Å². The maximum absolute atomic E-state index is 12.3. The Morgan fingerprint density at radius 1 is 1.43 bits per heavy atom. The molecule has 0 radical (unpaired) electrons. The molecule has 0 bridgehead atoms. The largest absolute Gasteiger partial charge is 0.383 e. The second-order valence-corrected chi connectivity index (χ2v) is 5.56. The molecule has 0 unspecified atom stereocenters. The molecule has 1 aliphatic heterocycles. The van der Waals surface area contributed by atoms with E-state index >= 15 is 0 Å². The van der Waals surface area contributed by atoms with Crippen LogP contribution in [0.1, 0.15) is 17.4 Å². The number of aromatic nitrogens is 2. The second-order valence-electron chi connectivity index (χ2n) is 5.56. The number of nitrogens with zero attached hydrogens (tertiary/aromatic N) is 3. The fourth-order valence-electron chi connectivity index (χ4n) is 2.42. The number of hydrogen-bond acceptors (Lipinski definition) is 6. The summed E-state index contributed by atoms with van der Waals surface area (Å²) in [4.78, 5) is 26.2. The Hall–Kier alpha value is -1.77. The van der Waals surface area contributed by atoms with Crippen LogP contribution in [0.5, 0.6) is 0 Å². The van der Waals surface area contributed by atoms with Gasteiger partial charge in [-0.05, 0) is 13.0 Å². The SMILES string of the molecule is COCCn1nc(C(=O)N[C@H](C)CN2CCOCC2)ccc1=O. The van der Waals surface area contributed by atoms with Gasteiger partial charge in [-0.1, -0.05) is 0 Å². The van der Waals surface area contributed by atoms with Crippen molar-refractivity contribution in [2.75, 3.05) is 46.6 Å². The van der Waals surface area contributed by atoms with E-state index in [1.807, 2.05) is 6.92 Å². The maximum Gasteiger partial charge on any atom is 0.271 e. The van der Waals surface area contributed by atoms with Crippen LogP contribution in [0.15, 0.2) is 16.9 Å². The van der Waals surface area contributed by atoms with E-state index in [1.165, 1.54) is 16.8 Å². The molecule has 1 amide bonds. The van der Waals surface area contributed by atoms with Crippen molar-refractivity contribution in [2.24, 2.45) is 0 Å². The van der Waals surface area contributed by atoms with E-state index in [0.29, 0.717) is 13.2 Å². The Morgan fingerprint density at radius 3 is 2.87 bits per heavy atom. The van der Waals surface area contributed by atoms with Gasteiger partial charge in [0.15, 0.2) is 0 Å². The Morgan fingerprint density at radius 2 is 2.17 bits per heavy atom. The predicted molar refractivity (Wildman–Crippen MR) is 84.6 cm³/mol. The Balaban J connectivity index is 1.92. The van der Waals surface area contributed by atoms with Gasteiger partial charge in [-0.3, -0.25) is 14.5 Å². The van der Waals surface area contributed by atoms with Crippen LogP contribution < -0.4 is 10.9 Å². The summed E-state index contributed by atoms with van der Waals surface area (Å²) >= 11 is 0. The lowest BCUT2D eigenvalue weighted by Crippen LogP contribution is -2.46. The van der Waals surface area contributed by atoms with E-state index in [2.05, 4.69) is 15.3 Å². The van der Waals surface area contributed by atoms with Crippen LogP contribution in [0.25, 0.3) is 0 Å². The molecule has 2 heterocycles. The van der Waals surface area contributed by atoms with Crippen LogP contribution in [-0.2, 0) is 16.0 Å². The molecule has 1 saturated heterocycles. The first-order valence-electron chi connectivity index (χ1n) is 7.78. The van der Waals surface area contributed by atoms with Gasteiger partial charge in [-0.15, -0.1) is 0 Å². The summed E-state index contributed by atoms with van der Waals surface area (Å²) in [5.74, 6) is -0.281. The number of nitrogens with one attached hydrogen (secondary N) is 1. The molecule has 1 atom stereocenters. The van der Waals surface area contributed by atoms with Gasteiger partial charge in [0.2, 0.25) is 0 Å². The van der Waals surface area contributed by atoms with E-state index in [1.54, 1.807) is 7.11 Å². The number of carbonyl (C=O) groups excluding carboxylic acids is 1. The highest BCUT2D eigenvalue weighted by Gasteiger charge is 2.17. The number of rotatable bonds is 7. The van der Waals surface area contributed by atoms with E-state index in [4.69, 9.17) is 9.47 Å². The third-order valence-electron chi connectivity index (χ3n) is 3.62. The van der Waals surface area contributed by atoms with Gasteiger partial charge in [-0.2, -0.15) is 5.10 Å². The van der Waals surface area contributed by atoms with Gasteiger partial charge in [-0.25, -0.2) is 4.68 Å². The van der Waals surface area contributed by atoms with E-state index in [9.17, 15) is 9.59 Å². The lowest BCUT2D eigenvalue weighted by Gasteiger charge is -2.29. The van der Waals surface area contributed by atoms with E-state index in [0.717, 1.165) is 32.8 Å². The molecule has 1 aromatic heterocycles. The minimum atomic E-state index is -0.281. The van der Waals surface area contributed by atoms with Gasteiger partial charge in [0, 0.05) is 38.9 Å². The number of hydrogen-bond donors (Lipinski definition) is 1. The van der Waals surface area contributed by atoms with Gasteiger partial charge < -0.3 is 14.8 Å². The lowest BCUT2D eigenvalue weighted by atomic mass is 10.2. The zero-order valence-electron chi connectivity index (χ0n) is 13.7. The zero-order valence-corrected chi connectivity index (χ0v) is 13.7. The predicted octanol–water partition coefficient (Wildman–Crippen LogP) is -0.660. The number of methoxy groups -OCH3 is 1. The Labute approximate surface area is 135 Å². The average Bonchev–Trinajstić information content (AvgIpc) is 2.54. The summed E-state index contributed by atoms with van der Waals surface area (Å²) in [6, 6.07) is 2.79. The first-order chi connectivity index (χ1) is 11.1. The lowest BCUT2D eigenvalue weighted by molar-refractivity contribution is 0.0342. The van der Waals surface area contributed by atoms with Gasteiger partial charge >= 0.3 is 0 Å². The molecular weight excluding hydrogens is 300 g/mol. The topological polar surface area (TPSA) is 85.7 Å². The molecule has 128 valence electrons. The molecule has 0 spiro atoms. The maximum atomic E-state index is 12.3. The molecule has 0 aliphatic carbocycles. The van der Waals surface area contributed by atoms with Crippen LogP contribution in [0.4, 0.5) is 0 Å². The quantitative estimate of drug-likeness (QED) is 0.717. The van der Waals surface area contributed by atoms with Gasteiger partial charge in [0.25, 0.3) is 11.5 Å². The smallest absolute Gasteiger partial charge is 0.271 e. The third kappa shape index (κ3) is 5.42. The van der Waals surface area contributed by atoms with Crippen molar-refractivity contribution >= 4 is 5.91 Å². The molecule has 2 rings (SSSR count). The van der Waals surface area contributed by atoms with Crippen molar-refractivity contribution in [1.82, 2.24) is 20.0 Å². The molecular formula is C15H24N4O4. The summed E-state index contributed by atoms with van der Waals surface area (Å²) in [5.41, 5.74) is -0.0190. The molecule has 1 aromatic rings. The zero-order chi connectivity index (χ0) is 16.7. The first kappa shape index (κ1) is 17.6. The fraction of sp³-hybridized carbons (Fsp3) is 0.667. The summed E-state index contributed by atoms with van der Waals surface area (Å²) in [7, 11) is 1.55. The van der Waals surface area contributed by atoms with E-state index in [-0.39, 0.29) is 23.2 Å². The molecule has 1 aliphatic rings. The molecule has 8 nitrogen and oxygen atoms in total. The summed E-state index contributed by atoms with van der Waals surface area (Å²) < 4.78 is 11.5. The van der Waals surface area contributed by atoms with Crippen LogP contribution in [0.3, 0.4) is 0 Å². The first-order valence-corrected chi connectivity index (χ1v) is 7.78. The van der Waals surface area contributed by atoms with Crippen LogP contribution in [0, 0.1) is 0 Å². The summed E-state index contributed by atoms with van der Waals surface area (Å²) in [6.07, 6.45) is 0. The molecule has 1 fully saturated rings. The number of morpholine rings is 1. The average molecular weight is 324 g/mol. The van der Waals surface area contributed by atoms with Crippen LogP contribution >= 0.6 is 0 Å². The van der Waals surface area contributed by atoms with Crippen molar-refractivity contribution in [1.29, 1.82) is 0 Å². The van der Waals surface area contributed by atoms with Crippen LogP contribution in [0.2, 0.25) is 0 Å². The Bertz CT molecular complexity index is 569. The molecule has 1 N–H and O–H groups in total. The molecule has 0 aromatic carbocycles. The van der Waals surface area contributed by atoms with E-state index < -0.39 is 0 Å². The van der Waals surface area contributed by atoms with Crippen LogP contribution in [-0.4, -0.2) is 73.2 Å². The fourth-order valence-corrected chi connectivity index (χ4v) is 2.42. The minimum absolute atomic E-state index is 0.0123.